The summed E-state index contributed by atoms with van der Waals surface area (Å²) in [5.41, 5.74) is 0.339. The first-order chi connectivity index (χ1) is 15.5. The number of nitrogens with zero attached hydrogens (tertiary/aromatic N) is 6. The third-order valence-electron chi connectivity index (χ3n) is 5.79. The van der Waals surface area contributed by atoms with E-state index >= 15 is 0 Å². The Kier molecular flexibility index (Phi) is 5.25. The van der Waals surface area contributed by atoms with Crippen LogP contribution in [0.3, 0.4) is 0 Å². The summed E-state index contributed by atoms with van der Waals surface area (Å²) in [7, 11) is 1.60. The SMILES string of the molecule is Cn1c(=O)n(C(=O)N2CC(COc3ccc(F)cc3)C2)c2cnc(N3CCOCC3)nc21. The number of rotatable bonds is 4. The van der Waals surface area contributed by atoms with Gasteiger partial charge in [0.1, 0.15) is 17.1 Å². The first-order valence-corrected chi connectivity index (χ1v) is 10.5. The number of halogens is 1. The molecule has 0 saturated carbocycles. The molecular weight excluding hydrogens is 419 g/mol. The van der Waals surface area contributed by atoms with Crippen molar-refractivity contribution in [1.82, 2.24) is 24.0 Å². The Morgan fingerprint density at radius 1 is 1.22 bits per heavy atom. The van der Waals surface area contributed by atoms with Gasteiger partial charge in [-0.2, -0.15) is 4.98 Å². The molecule has 1 amide bonds. The number of aryl methyl sites for hydroxylation is 1. The van der Waals surface area contributed by atoms with Gasteiger partial charge in [-0.15, -0.1) is 0 Å². The highest BCUT2D eigenvalue weighted by molar-refractivity contribution is 5.88. The zero-order chi connectivity index (χ0) is 22.2. The monoisotopic (exact) mass is 442 g/mol. The van der Waals surface area contributed by atoms with Gasteiger partial charge >= 0.3 is 11.7 Å². The number of aromatic nitrogens is 4. The number of hydrogen-bond donors (Lipinski definition) is 0. The average molecular weight is 442 g/mol. The number of carbonyl (C=O) groups excluding carboxylic acids is 1. The van der Waals surface area contributed by atoms with Gasteiger partial charge in [0.2, 0.25) is 5.95 Å². The van der Waals surface area contributed by atoms with E-state index in [-0.39, 0.29) is 11.7 Å². The van der Waals surface area contributed by atoms with E-state index in [1.54, 1.807) is 24.1 Å². The Morgan fingerprint density at radius 2 is 1.94 bits per heavy atom. The molecule has 2 aromatic heterocycles. The van der Waals surface area contributed by atoms with E-state index in [2.05, 4.69) is 9.97 Å². The van der Waals surface area contributed by atoms with Crippen molar-refractivity contribution >= 4 is 23.1 Å². The summed E-state index contributed by atoms with van der Waals surface area (Å²) in [5.74, 6) is 0.913. The third kappa shape index (κ3) is 3.68. The van der Waals surface area contributed by atoms with Crippen LogP contribution in [-0.4, -0.2) is 76.0 Å². The van der Waals surface area contributed by atoms with Gasteiger partial charge in [-0.05, 0) is 24.3 Å². The Hall–Kier alpha value is -3.47. The van der Waals surface area contributed by atoms with Gasteiger partial charge in [0.05, 0.1) is 26.0 Å². The number of fused-ring (bicyclic) bond motifs is 1. The molecule has 2 fully saturated rings. The maximum absolute atomic E-state index is 13.0. The number of amides is 1. The van der Waals surface area contributed by atoms with Crippen molar-refractivity contribution < 1.29 is 18.7 Å². The van der Waals surface area contributed by atoms with Gasteiger partial charge in [-0.25, -0.2) is 23.5 Å². The summed E-state index contributed by atoms with van der Waals surface area (Å²) in [5, 5.41) is 0. The summed E-state index contributed by atoms with van der Waals surface area (Å²) in [4.78, 5) is 38.3. The van der Waals surface area contributed by atoms with E-state index in [0.717, 1.165) is 4.57 Å². The second kappa shape index (κ2) is 8.23. The number of morpholine rings is 1. The predicted molar refractivity (Wildman–Crippen MR) is 114 cm³/mol. The Balaban J connectivity index is 1.28. The standard InChI is InChI=1S/C21H23FN6O4/c1-25-18-17(10-23-19(24-18)26-6-8-31-9-7-26)28(20(25)29)21(30)27-11-14(12-27)13-32-16-4-2-15(22)3-5-16/h2-5,10,14H,6-9,11-13H2,1H3. The number of imidazole rings is 1. The quantitative estimate of drug-likeness (QED) is 0.597. The minimum Gasteiger partial charge on any atom is -0.493 e. The molecule has 2 aliphatic heterocycles. The summed E-state index contributed by atoms with van der Waals surface area (Å²) in [6.45, 7) is 3.89. The van der Waals surface area contributed by atoms with E-state index in [4.69, 9.17) is 9.47 Å². The molecule has 1 aromatic carbocycles. The summed E-state index contributed by atoms with van der Waals surface area (Å²) >= 11 is 0. The summed E-state index contributed by atoms with van der Waals surface area (Å²) in [6, 6.07) is 5.41. The maximum Gasteiger partial charge on any atom is 0.338 e. The van der Waals surface area contributed by atoms with Crippen molar-refractivity contribution in [3.63, 3.8) is 0 Å². The molecule has 4 heterocycles. The van der Waals surface area contributed by atoms with E-state index in [1.165, 1.54) is 22.9 Å². The number of likely N-dealkylation sites (tertiary alicyclic amines) is 1. The Bertz CT molecular complexity index is 1200. The molecule has 0 aliphatic carbocycles. The average Bonchev–Trinajstić information content (AvgIpc) is 3.04. The molecule has 0 bridgehead atoms. The van der Waals surface area contributed by atoms with E-state index < -0.39 is 11.7 Å². The first-order valence-electron chi connectivity index (χ1n) is 10.5. The minimum atomic E-state index is -0.454. The second-order valence-electron chi connectivity index (χ2n) is 7.97. The predicted octanol–water partition coefficient (Wildman–Crippen LogP) is 1.08. The molecule has 0 unspecified atom stereocenters. The smallest absolute Gasteiger partial charge is 0.338 e. The van der Waals surface area contributed by atoms with Crippen LogP contribution >= 0.6 is 0 Å². The lowest BCUT2D eigenvalue weighted by atomic mass is 10.0. The minimum absolute atomic E-state index is 0.138. The van der Waals surface area contributed by atoms with Crippen LogP contribution in [0, 0.1) is 11.7 Å². The Labute approximate surface area is 182 Å². The van der Waals surface area contributed by atoms with Crippen LogP contribution in [0.5, 0.6) is 5.75 Å². The third-order valence-corrected chi connectivity index (χ3v) is 5.79. The van der Waals surface area contributed by atoms with Gasteiger partial charge in [0.15, 0.2) is 5.65 Å². The molecule has 3 aromatic rings. The van der Waals surface area contributed by atoms with Crippen molar-refractivity contribution in [3.8, 4) is 5.75 Å². The van der Waals surface area contributed by atoms with Gasteiger partial charge < -0.3 is 19.3 Å². The maximum atomic E-state index is 13.0. The molecule has 0 atom stereocenters. The zero-order valence-corrected chi connectivity index (χ0v) is 17.6. The lowest BCUT2D eigenvalue weighted by Crippen LogP contribution is -2.54. The van der Waals surface area contributed by atoms with Crippen molar-refractivity contribution in [2.45, 2.75) is 0 Å². The van der Waals surface area contributed by atoms with Gasteiger partial charge in [0, 0.05) is 39.1 Å². The molecule has 11 heteroatoms. The topological polar surface area (TPSA) is 94.7 Å². The van der Waals surface area contributed by atoms with Crippen molar-refractivity contribution in [2.24, 2.45) is 13.0 Å². The highest BCUT2D eigenvalue weighted by Gasteiger charge is 2.34. The van der Waals surface area contributed by atoms with Gasteiger partial charge in [-0.3, -0.25) is 4.57 Å². The van der Waals surface area contributed by atoms with Crippen LogP contribution in [0.4, 0.5) is 15.1 Å². The van der Waals surface area contributed by atoms with Crippen LogP contribution < -0.4 is 15.3 Å². The zero-order valence-electron chi connectivity index (χ0n) is 17.6. The second-order valence-corrected chi connectivity index (χ2v) is 7.97. The van der Waals surface area contributed by atoms with Crippen LogP contribution in [0.2, 0.25) is 0 Å². The van der Waals surface area contributed by atoms with E-state index in [0.29, 0.717) is 68.9 Å². The molecule has 0 spiro atoms. The molecule has 2 saturated heterocycles. The van der Waals surface area contributed by atoms with E-state index in [9.17, 15) is 14.0 Å². The van der Waals surface area contributed by atoms with Crippen LogP contribution in [-0.2, 0) is 11.8 Å². The molecule has 2 aliphatic rings. The summed E-state index contributed by atoms with van der Waals surface area (Å²) < 4.78 is 26.5. The first kappa shape index (κ1) is 20.4. The molecule has 0 radical (unpaired) electrons. The number of ether oxygens (including phenoxy) is 2. The lowest BCUT2D eigenvalue weighted by molar-refractivity contribution is 0.0863. The number of hydrogen-bond acceptors (Lipinski definition) is 7. The number of anilines is 1. The molecule has 10 nitrogen and oxygen atoms in total. The van der Waals surface area contributed by atoms with Crippen molar-refractivity contribution in [2.75, 3.05) is 50.9 Å². The fraction of sp³-hybridized carbons (Fsp3) is 0.429. The molecule has 0 N–H and O–H groups in total. The van der Waals surface area contributed by atoms with Crippen LogP contribution in [0.1, 0.15) is 0 Å². The Morgan fingerprint density at radius 3 is 2.66 bits per heavy atom. The fourth-order valence-corrected chi connectivity index (χ4v) is 3.92. The highest BCUT2D eigenvalue weighted by Crippen LogP contribution is 2.21. The van der Waals surface area contributed by atoms with Crippen molar-refractivity contribution in [1.29, 1.82) is 0 Å². The molecule has 5 rings (SSSR count). The molecule has 168 valence electrons. The normalized spacial score (nSPS) is 16.9. The van der Waals surface area contributed by atoms with Gasteiger partial charge in [0.25, 0.3) is 0 Å². The van der Waals surface area contributed by atoms with Crippen molar-refractivity contribution in [3.05, 3.63) is 46.8 Å². The van der Waals surface area contributed by atoms with Crippen LogP contribution in [0.15, 0.2) is 35.3 Å². The number of carbonyl (C=O) groups is 1. The molecule has 32 heavy (non-hydrogen) atoms. The van der Waals surface area contributed by atoms with Gasteiger partial charge in [-0.1, -0.05) is 0 Å². The van der Waals surface area contributed by atoms with E-state index in [1.807, 2.05) is 4.90 Å². The summed E-state index contributed by atoms with van der Waals surface area (Å²) in [6.07, 6.45) is 1.53. The molecular formula is C21H23FN6O4. The number of benzene rings is 1. The van der Waals surface area contributed by atoms with Crippen LogP contribution in [0.25, 0.3) is 11.2 Å². The lowest BCUT2D eigenvalue weighted by Gasteiger charge is -2.38. The fourth-order valence-electron chi connectivity index (χ4n) is 3.92. The highest BCUT2D eigenvalue weighted by atomic mass is 19.1. The largest absolute Gasteiger partial charge is 0.493 e.